The van der Waals surface area contributed by atoms with Gasteiger partial charge in [0.1, 0.15) is 0 Å². The van der Waals surface area contributed by atoms with Crippen molar-refractivity contribution in [2.45, 2.75) is 6.92 Å². The molecule has 0 fully saturated rings. The summed E-state index contributed by atoms with van der Waals surface area (Å²) in [5, 5.41) is 0. The smallest absolute Gasteiger partial charge is 0.0647 e. The maximum absolute atomic E-state index is 5.17. The first-order valence-corrected chi connectivity index (χ1v) is 2.84. The van der Waals surface area contributed by atoms with E-state index >= 15 is 0 Å². The van der Waals surface area contributed by atoms with Crippen LogP contribution in [-0.2, 0) is 4.74 Å². The zero-order valence-electron chi connectivity index (χ0n) is 5.26. The van der Waals surface area contributed by atoms with Gasteiger partial charge in [0.25, 0.3) is 0 Å². The van der Waals surface area contributed by atoms with E-state index in [9.17, 15) is 0 Å². The van der Waals surface area contributed by atoms with E-state index in [2.05, 4.69) is 0 Å². The highest BCUT2D eigenvalue weighted by atomic mass is 16.5. The lowest BCUT2D eigenvalue weighted by Crippen LogP contribution is -1.94. The van der Waals surface area contributed by atoms with Crippen molar-refractivity contribution in [1.82, 2.24) is 0 Å². The van der Waals surface area contributed by atoms with E-state index in [1.807, 2.05) is 19.1 Å². The van der Waals surface area contributed by atoms with Crippen LogP contribution in [0.3, 0.4) is 0 Å². The van der Waals surface area contributed by atoms with Gasteiger partial charge >= 0.3 is 0 Å². The monoisotopic (exact) mass is 115 g/mol. The first kappa shape index (κ1) is 7.66. The van der Waals surface area contributed by atoms with E-state index in [0.29, 0.717) is 13.2 Å². The molecule has 0 aromatic carbocycles. The van der Waals surface area contributed by atoms with Crippen molar-refractivity contribution in [2.24, 2.45) is 5.73 Å². The van der Waals surface area contributed by atoms with Crippen LogP contribution in [0.25, 0.3) is 0 Å². The molecule has 48 valence electrons. The molecule has 0 radical (unpaired) electrons. The summed E-state index contributed by atoms with van der Waals surface area (Å²) in [4.78, 5) is 0. The molecule has 0 aromatic heterocycles. The normalized spacial score (nSPS) is 10.8. The third-order valence-corrected chi connectivity index (χ3v) is 0.721. The number of nitrogens with two attached hydrogens (primary N) is 1. The standard InChI is InChI=1S/C6H13NO/c1-2-8-6-4-3-5-7/h3-4H,2,5-7H2,1H3/b4-3+. The Labute approximate surface area is 50.3 Å². The van der Waals surface area contributed by atoms with Gasteiger partial charge in [0.2, 0.25) is 0 Å². The minimum absolute atomic E-state index is 0.604. The number of rotatable bonds is 4. The minimum Gasteiger partial charge on any atom is -0.378 e. The van der Waals surface area contributed by atoms with Gasteiger partial charge in [0, 0.05) is 13.2 Å². The largest absolute Gasteiger partial charge is 0.378 e. The summed E-state index contributed by atoms with van der Waals surface area (Å²) in [5.41, 5.74) is 5.17. The van der Waals surface area contributed by atoms with Gasteiger partial charge in [0.15, 0.2) is 0 Å². The van der Waals surface area contributed by atoms with Gasteiger partial charge < -0.3 is 10.5 Å². The van der Waals surface area contributed by atoms with Crippen molar-refractivity contribution in [2.75, 3.05) is 19.8 Å². The Morgan fingerprint density at radius 1 is 1.50 bits per heavy atom. The maximum Gasteiger partial charge on any atom is 0.0647 e. The molecule has 0 spiro atoms. The molecule has 0 saturated heterocycles. The Balaban J connectivity index is 2.80. The second kappa shape index (κ2) is 6.66. The Morgan fingerprint density at radius 2 is 2.25 bits per heavy atom. The van der Waals surface area contributed by atoms with Crippen LogP contribution in [0.15, 0.2) is 12.2 Å². The van der Waals surface area contributed by atoms with Gasteiger partial charge in [-0.15, -0.1) is 0 Å². The van der Waals surface area contributed by atoms with E-state index in [1.165, 1.54) is 0 Å². The fourth-order valence-corrected chi connectivity index (χ4v) is 0.350. The first-order valence-electron chi connectivity index (χ1n) is 2.84. The topological polar surface area (TPSA) is 35.2 Å². The van der Waals surface area contributed by atoms with Gasteiger partial charge in [-0.05, 0) is 6.92 Å². The SMILES string of the molecule is CCOC/C=C/CN. The predicted octanol–water partition coefficient (Wildman–Crippen LogP) is 0.538. The van der Waals surface area contributed by atoms with Crippen LogP contribution in [0.5, 0.6) is 0 Å². The van der Waals surface area contributed by atoms with Crippen molar-refractivity contribution in [3.8, 4) is 0 Å². The Hall–Kier alpha value is -0.340. The highest BCUT2D eigenvalue weighted by Gasteiger charge is 1.72. The molecule has 0 bridgehead atoms. The average Bonchev–Trinajstić information content (AvgIpc) is 1.81. The summed E-state index contributed by atoms with van der Waals surface area (Å²) in [6.07, 6.45) is 3.80. The van der Waals surface area contributed by atoms with E-state index < -0.39 is 0 Å². The van der Waals surface area contributed by atoms with Crippen LogP contribution in [0.4, 0.5) is 0 Å². The van der Waals surface area contributed by atoms with E-state index in [-0.39, 0.29) is 0 Å². The molecule has 0 aliphatic heterocycles. The second-order valence-electron chi connectivity index (χ2n) is 1.37. The van der Waals surface area contributed by atoms with Gasteiger partial charge in [-0.1, -0.05) is 12.2 Å². The molecule has 0 aliphatic carbocycles. The summed E-state index contributed by atoms with van der Waals surface area (Å²) < 4.78 is 4.99. The highest BCUT2D eigenvalue weighted by Crippen LogP contribution is 1.73. The molecule has 0 rings (SSSR count). The molecule has 0 aliphatic rings. The zero-order chi connectivity index (χ0) is 6.24. The molecule has 0 saturated carbocycles. The van der Waals surface area contributed by atoms with Gasteiger partial charge in [-0.3, -0.25) is 0 Å². The predicted molar refractivity (Wildman–Crippen MR) is 34.7 cm³/mol. The van der Waals surface area contributed by atoms with E-state index in [0.717, 1.165) is 6.61 Å². The molecular formula is C6H13NO. The van der Waals surface area contributed by atoms with E-state index in [4.69, 9.17) is 10.5 Å². The van der Waals surface area contributed by atoms with Gasteiger partial charge in [-0.25, -0.2) is 0 Å². The molecule has 2 N–H and O–H groups in total. The molecular weight excluding hydrogens is 102 g/mol. The quantitative estimate of drug-likeness (QED) is 0.428. The summed E-state index contributed by atoms with van der Waals surface area (Å²) >= 11 is 0. The summed E-state index contributed by atoms with van der Waals surface area (Å²) in [6.45, 7) is 4.03. The number of hydrogen-bond donors (Lipinski definition) is 1. The van der Waals surface area contributed by atoms with Crippen molar-refractivity contribution < 1.29 is 4.74 Å². The van der Waals surface area contributed by atoms with Crippen LogP contribution < -0.4 is 5.73 Å². The first-order chi connectivity index (χ1) is 3.91. The third-order valence-electron chi connectivity index (χ3n) is 0.721. The maximum atomic E-state index is 5.17. The Bertz CT molecular complexity index is 61.5. The zero-order valence-corrected chi connectivity index (χ0v) is 5.26. The molecule has 0 aromatic rings. The second-order valence-corrected chi connectivity index (χ2v) is 1.37. The molecule has 0 heterocycles. The number of hydrogen-bond acceptors (Lipinski definition) is 2. The molecule has 8 heavy (non-hydrogen) atoms. The minimum atomic E-state index is 0.604. The summed E-state index contributed by atoms with van der Waals surface area (Å²) in [6, 6.07) is 0. The molecule has 2 nitrogen and oxygen atoms in total. The summed E-state index contributed by atoms with van der Waals surface area (Å²) in [7, 11) is 0. The van der Waals surface area contributed by atoms with Crippen LogP contribution >= 0.6 is 0 Å². The lowest BCUT2D eigenvalue weighted by atomic mass is 10.5. The van der Waals surface area contributed by atoms with Crippen LogP contribution in [0.1, 0.15) is 6.92 Å². The lowest BCUT2D eigenvalue weighted by Gasteiger charge is -1.90. The Kier molecular flexibility index (Phi) is 6.38. The molecule has 0 atom stereocenters. The van der Waals surface area contributed by atoms with Crippen molar-refractivity contribution in [1.29, 1.82) is 0 Å². The van der Waals surface area contributed by atoms with Crippen molar-refractivity contribution in [3.05, 3.63) is 12.2 Å². The summed E-state index contributed by atoms with van der Waals surface area (Å²) in [5.74, 6) is 0. The molecule has 0 unspecified atom stereocenters. The van der Waals surface area contributed by atoms with Gasteiger partial charge in [0.05, 0.1) is 6.61 Å². The number of ether oxygens (including phenoxy) is 1. The fraction of sp³-hybridized carbons (Fsp3) is 0.667. The highest BCUT2D eigenvalue weighted by molar-refractivity contribution is 4.81. The molecule has 2 heteroatoms. The third kappa shape index (κ3) is 5.66. The Morgan fingerprint density at radius 3 is 2.75 bits per heavy atom. The fourth-order valence-electron chi connectivity index (χ4n) is 0.350. The van der Waals surface area contributed by atoms with Crippen molar-refractivity contribution in [3.63, 3.8) is 0 Å². The van der Waals surface area contributed by atoms with Crippen LogP contribution in [0, 0.1) is 0 Å². The van der Waals surface area contributed by atoms with Crippen LogP contribution in [-0.4, -0.2) is 19.8 Å². The molecule has 0 amide bonds. The van der Waals surface area contributed by atoms with E-state index in [1.54, 1.807) is 0 Å². The van der Waals surface area contributed by atoms with Gasteiger partial charge in [-0.2, -0.15) is 0 Å². The average molecular weight is 115 g/mol. The van der Waals surface area contributed by atoms with Crippen molar-refractivity contribution >= 4 is 0 Å². The lowest BCUT2D eigenvalue weighted by molar-refractivity contribution is 0.177. The van der Waals surface area contributed by atoms with Crippen LogP contribution in [0.2, 0.25) is 0 Å².